The van der Waals surface area contributed by atoms with E-state index in [0.717, 1.165) is 6.92 Å². The predicted octanol–water partition coefficient (Wildman–Crippen LogP) is 4.43. The van der Waals surface area contributed by atoms with Gasteiger partial charge in [-0.15, -0.1) is 0 Å². The minimum Gasteiger partial charge on any atom is -0.505 e. The first kappa shape index (κ1) is 17.9. The SMILES string of the molecule is CC12CCC(C(=O)Oc3ccc(O)c(F)c3F)(CC1)C(F)(F)C2(F)F. The number of hydrogen-bond acceptors (Lipinski definition) is 3. The summed E-state index contributed by atoms with van der Waals surface area (Å²) >= 11 is 0. The fourth-order valence-electron chi connectivity index (χ4n) is 3.67. The molecule has 3 nitrogen and oxygen atoms in total. The van der Waals surface area contributed by atoms with Crippen LogP contribution in [0.3, 0.4) is 0 Å². The Morgan fingerprint density at radius 3 is 2.12 bits per heavy atom. The molecule has 3 fully saturated rings. The first-order valence-corrected chi connectivity index (χ1v) is 7.54. The van der Waals surface area contributed by atoms with E-state index in [2.05, 4.69) is 4.74 Å². The Balaban J connectivity index is 1.98. The topological polar surface area (TPSA) is 46.5 Å². The van der Waals surface area contributed by atoms with Crippen molar-refractivity contribution in [3.05, 3.63) is 23.8 Å². The molecule has 3 aliphatic rings. The monoisotopic (exact) mass is 368 g/mol. The van der Waals surface area contributed by atoms with E-state index in [9.17, 15) is 31.1 Å². The summed E-state index contributed by atoms with van der Waals surface area (Å²) in [6.45, 7) is 1.05. The first-order chi connectivity index (χ1) is 11.4. The van der Waals surface area contributed by atoms with Crippen molar-refractivity contribution in [2.24, 2.45) is 10.8 Å². The van der Waals surface area contributed by atoms with Crippen LogP contribution in [0.4, 0.5) is 26.3 Å². The van der Waals surface area contributed by atoms with Gasteiger partial charge in [-0.05, 0) is 37.8 Å². The maximum absolute atomic E-state index is 14.5. The number of benzene rings is 1. The van der Waals surface area contributed by atoms with Crippen LogP contribution in [0.2, 0.25) is 0 Å². The number of rotatable bonds is 2. The summed E-state index contributed by atoms with van der Waals surface area (Å²) in [5, 5.41) is 9.02. The summed E-state index contributed by atoms with van der Waals surface area (Å²) in [6, 6.07) is 1.32. The van der Waals surface area contributed by atoms with Crippen LogP contribution in [0.25, 0.3) is 0 Å². The molecule has 0 unspecified atom stereocenters. The van der Waals surface area contributed by atoms with Crippen LogP contribution >= 0.6 is 0 Å². The van der Waals surface area contributed by atoms with Crippen molar-refractivity contribution in [1.29, 1.82) is 0 Å². The Morgan fingerprint density at radius 1 is 1.00 bits per heavy atom. The summed E-state index contributed by atoms with van der Waals surface area (Å²) in [5.41, 5.74) is -4.75. The molecule has 0 heterocycles. The van der Waals surface area contributed by atoms with Crippen molar-refractivity contribution >= 4 is 5.97 Å². The Bertz CT molecular complexity index is 738. The van der Waals surface area contributed by atoms with Gasteiger partial charge in [-0.25, -0.2) is 0 Å². The van der Waals surface area contributed by atoms with Crippen LogP contribution in [-0.2, 0) is 4.79 Å². The van der Waals surface area contributed by atoms with Crippen molar-refractivity contribution < 1.29 is 41.0 Å². The third-order valence-corrected chi connectivity index (χ3v) is 5.58. The number of carbonyl (C=O) groups is 1. The number of ether oxygens (including phenoxy) is 1. The number of aromatic hydroxyl groups is 1. The number of halogens is 6. The second kappa shape index (κ2) is 5.04. The molecule has 1 aromatic rings. The van der Waals surface area contributed by atoms with Gasteiger partial charge in [-0.3, -0.25) is 4.79 Å². The van der Waals surface area contributed by atoms with Gasteiger partial charge in [0, 0.05) is 5.41 Å². The quantitative estimate of drug-likeness (QED) is 0.477. The van der Waals surface area contributed by atoms with Crippen LogP contribution in [0.15, 0.2) is 12.1 Å². The Kier molecular flexibility index (Phi) is 3.61. The summed E-state index contributed by atoms with van der Waals surface area (Å²) in [5.74, 6) is -16.5. The number of carbonyl (C=O) groups excluding carboxylic acids is 1. The fourth-order valence-corrected chi connectivity index (χ4v) is 3.67. The summed E-state index contributed by atoms with van der Waals surface area (Å²) < 4.78 is 89.1. The Morgan fingerprint density at radius 2 is 1.56 bits per heavy atom. The van der Waals surface area contributed by atoms with Gasteiger partial charge in [-0.1, -0.05) is 6.92 Å². The summed E-state index contributed by atoms with van der Waals surface area (Å²) in [6.07, 6.45) is -1.74. The second-order valence-electron chi connectivity index (χ2n) is 6.89. The lowest BCUT2D eigenvalue weighted by Gasteiger charge is -2.58. The standard InChI is InChI=1S/C16H14F6O3/c1-13-4-6-14(7-5-13,16(21,22)15(13,19)20)12(24)25-9-3-2-8(23)10(17)11(9)18/h2-3,23H,4-7H2,1H3. The molecule has 0 radical (unpaired) electrons. The first-order valence-electron chi connectivity index (χ1n) is 7.54. The van der Waals surface area contributed by atoms with Gasteiger partial charge in [0.15, 0.2) is 11.5 Å². The number of phenolic OH excluding ortho intramolecular Hbond substituents is 1. The molecule has 0 aromatic heterocycles. The molecule has 0 atom stereocenters. The molecule has 0 amide bonds. The van der Waals surface area contributed by atoms with E-state index < -0.39 is 64.6 Å². The zero-order chi connectivity index (χ0) is 18.8. The van der Waals surface area contributed by atoms with E-state index >= 15 is 0 Å². The van der Waals surface area contributed by atoms with Gasteiger partial charge in [0.25, 0.3) is 0 Å². The van der Waals surface area contributed by atoms with E-state index in [0.29, 0.717) is 12.1 Å². The number of fused-ring (bicyclic) bond motifs is 3. The van der Waals surface area contributed by atoms with E-state index in [1.165, 1.54) is 0 Å². The maximum atomic E-state index is 14.5. The zero-order valence-electron chi connectivity index (χ0n) is 13.0. The second-order valence-corrected chi connectivity index (χ2v) is 6.89. The lowest BCUT2D eigenvalue weighted by atomic mass is 9.50. The highest BCUT2D eigenvalue weighted by Gasteiger charge is 2.82. The number of esters is 1. The highest BCUT2D eigenvalue weighted by atomic mass is 19.3. The van der Waals surface area contributed by atoms with Crippen molar-refractivity contribution in [3.8, 4) is 11.5 Å². The Labute approximate surface area is 138 Å². The largest absolute Gasteiger partial charge is 0.505 e. The van der Waals surface area contributed by atoms with E-state index in [4.69, 9.17) is 5.11 Å². The van der Waals surface area contributed by atoms with Crippen molar-refractivity contribution in [1.82, 2.24) is 0 Å². The van der Waals surface area contributed by atoms with Crippen molar-refractivity contribution in [3.63, 3.8) is 0 Å². The molecule has 138 valence electrons. The molecule has 4 rings (SSSR count). The van der Waals surface area contributed by atoms with Gasteiger partial charge in [0.05, 0.1) is 0 Å². The number of alkyl halides is 4. The normalized spacial score (nSPS) is 32.4. The molecule has 1 N–H and O–H groups in total. The molecule has 3 aliphatic carbocycles. The average molecular weight is 368 g/mol. The minimum absolute atomic E-state index is 0.322. The molecular weight excluding hydrogens is 354 g/mol. The fraction of sp³-hybridized carbons (Fsp3) is 0.562. The van der Waals surface area contributed by atoms with Gasteiger partial charge < -0.3 is 9.84 Å². The highest BCUT2D eigenvalue weighted by molar-refractivity contribution is 5.81. The Hall–Kier alpha value is -1.93. The number of hydrogen-bond donors (Lipinski definition) is 1. The van der Waals surface area contributed by atoms with Crippen LogP contribution < -0.4 is 4.74 Å². The maximum Gasteiger partial charge on any atom is 0.326 e. The van der Waals surface area contributed by atoms with E-state index in [-0.39, 0.29) is 12.8 Å². The van der Waals surface area contributed by atoms with E-state index in [1.807, 2.05) is 0 Å². The molecule has 25 heavy (non-hydrogen) atoms. The molecular formula is C16H14F6O3. The van der Waals surface area contributed by atoms with Crippen LogP contribution in [0.5, 0.6) is 11.5 Å². The molecule has 0 aliphatic heterocycles. The third kappa shape index (κ3) is 2.04. The van der Waals surface area contributed by atoms with Crippen LogP contribution in [0, 0.1) is 22.5 Å². The van der Waals surface area contributed by atoms with Gasteiger partial charge in [0.1, 0.15) is 5.41 Å². The lowest BCUT2D eigenvalue weighted by molar-refractivity contribution is -0.356. The van der Waals surface area contributed by atoms with Gasteiger partial charge >= 0.3 is 17.8 Å². The molecule has 0 saturated heterocycles. The summed E-state index contributed by atoms with van der Waals surface area (Å²) in [7, 11) is 0. The predicted molar refractivity (Wildman–Crippen MR) is 72.6 cm³/mol. The molecule has 9 heteroatoms. The number of phenols is 1. The smallest absolute Gasteiger partial charge is 0.326 e. The summed E-state index contributed by atoms with van der Waals surface area (Å²) in [4.78, 5) is 12.3. The minimum atomic E-state index is -4.69. The van der Waals surface area contributed by atoms with Crippen molar-refractivity contribution in [2.75, 3.05) is 0 Å². The van der Waals surface area contributed by atoms with Gasteiger partial charge in [0.2, 0.25) is 11.6 Å². The van der Waals surface area contributed by atoms with Crippen LogP contribution in [-0.4, -0.2) is 22.9 Å². The molecule has 0 spiro atoms. The van der Waals surface area contributed by atoms with E-state index in [1.54, 1.807) is 0 Å². The highest BCUT2D eigenvalue weighted by Crippen LogP contribution is 2.70. The zero-order valence-corrected chi connectivity index (χ0v) is 13.0. The molecule has 3 saturated carbocycles. The van der Waals surface area contributed by atoms with Crippen molar-refractivity contribution in [2.45, 2.75) is 44.5 Å². The third-order valence-electron chi connectivity index (χ3n) is 5.58. The average Bonchev–Trinajstić information content (AvgIpc) is 2.54. The van der Waals surface area contributed by atoms with Gasteiger partial charge in [-0.2, -0.15) is 26.3 Å². The molecule has 1 aromatic carbocycles. The lowest BCUT2D eigenvalue weighted by Crippen LogP contribution is -2.71. The molecule has 2 bridgehead atoms. The van der Waals surface area contributed by atoms with Crippen LogP contribution in [0.1, 0.15) is 32.6 Å².